The van der Waals surface area contributed by atoms with Gasteiger partial charge in [0.15, 0.2) is 0 Å². The summed E-state index contributed by atoms with van der Waals surface area (Å²) in [6.07, 6.45) is 1.13. The number of carboxylic acid groups (broad SMARTS) is 1. The van der Waals surface area contributed by atoms with Crippen LogP contribution in [0.4, 0.5) is 9.59 Å². The molecule has 0 bridgehead atoms. The van der Waals surface area contributed by atoms with Gasteiger partial charge in [0.2, 0.25) is 0 Å². The van der Waals surface area contributed by atoms with Gasteiger partial charge in [0.25, 0.3) is 0 Å². The van der Waals surface area contributed by atoms with Crippen molar-refractivity contribution in [1.29, 1.82) is 0 Å². The van der Waals surface area contributed by atoms with Crippen LogP contribution in [-0.2, 0) is 11.3 Å². The Hall–Kier alpha value is -2.24. The molecule has 0 unspecified atom stereocenters. The van der Waals surface area contributed by atoms with Crippen LogP contribution in [0.2, 0.25) is 0 Å². The second kappa shape index (κ2) is 7.68. The zero-order valence-electron chi connectivity index (χ0n) is 12.8. The van der Waals surface area contributed by atoms with Crippen LogP contribution < -0.4 is 0 Å². The number of hydrogen-bond donors (Lipinski definition) is 1. The minimum absolute atomic E-state index is 0.00173. The molecule has 22 heavy (non-hydrogen) atoms. The molecular weight excluding hydrogens is 284 g/mol. The third-order valence-electron chi connectivity index (χ3n) is 3.94. The van der Waals surface area contributed by atoms with E-state index in [1.165, 1.54) is 9.80 Å². The van der Waals surface area contributed by atoms with Crippen LogP contribution in [0.1, 0.15) is 24.8 Å². The fourth-order valence-electron chi connectivity index (χ4n) is 2.65. The Morgan fingerprint density at radius 2 is 2.09 bits per heavy atom. The number of likely N-dealkylation sites (tertiary alicyclic amines) is 1. The van der Waals surface area contributed by atoms with E-state index < -0.39 is 6.09 Å². The molecule has 1 atom stereocenters. The maximum Gasteiger partial charge on any atom is 0.409 e. The van der Waals surface area contributed by atoms with Crippen molar-refractivity contribution in [2.24, 2.45) is 0 Å². The first-order valence-corrected chi connectivity index (χ1v) is 7.49. The molecule has 0 aliphatic carbocycles. The summed E-state index contributed by atoms with van der Waals surface area (Å²) in [5.74, 6) is 0. The van der Waals surface area contributed by atoms with Crippen molar-refractivity contribution in [2.45, 2.75) is 31.9 Å². The van der Waals surface area contributed by atoms with Gasteiger partial charge >= 0.3 is 12.2 Å². The van der Waals surface area contributed by atoms with Gasteiger partial charge in [0, 0.05) is 26.2 Å². The molecule has 0 aromatic heterocycles. The van der Waals surface area contributed by atoms with Crippen LogP contribution in [0.3, 0.4) is 0 Å². The van der Waals surface area contributed by atoms with E-state index in [9.17, 15) is 9.59 Å². The van der Waals surface area contributed by atoms with Gasteiger partial charge in [-0.15, -0.1) is 0 Å². The van der Waals surface area contributed by atoms with E-state index in [0.29, 0.717) is 19.5 Å². The fraction of sp³-hybridized carbons (Fsp3) is 0.500. The van der Waals surface area contributed by atoms with Crippen LogP contribution in [0.5, 0.6) is 0 Å². The van der Waals surface area contributed by atoms with Crippen LogP contribution in [0.25, 0.3) is 0 Å². The van der Waals surface area contributed by atoms with Gasteiger partial charge in [-0.1, -0.05) is 30.3 Å². The lowest BCUT2D eigenvalue weighted by Gasteiger charge is -2.24. The molecule has 1 saturated heterocycles. The van der Waals surface area contributed by atoms with Gasteiger partial charge in [0.05, 0.1) is 0 Å². The minimum atomic E-state index is -0.878. The maximum absolute atomic E-state index is 11.9. The van der Waals surface area contributed by atoms with Crippen molar-refractivity contribution in [3.05, 3.63) is 35.9 Å². The molecule has 0 saturated carbocycles. The number of hydrogen-bond acceptors (Lipinski definition) is 3. The molecular formula is C16H22N2O4. The topological polar surface area (TPSA) is 70.1 Å². The van der Waals surface area contributed by atoms with E-state index >= 15 is 0 Å². The predicted octanol–water partition coefficient (Wildman–Crippen LogP) is 2.79. The molecule has 1 aliphatic rings. The largest absolute Gasteiger partial charge is 0.465 e. The highest BCUT2D eigenvalue weighted by Gasteiger charge is 2.28. The van der Waals surface area contributed by atoms with Crippen LogP contribution in [0.15, 0.2) is 30.3 Å². The SMILES string of the molecule is CN(CC[C@@H]1CCCN1C(=O)O)C(=O)OCc1ccccc1. The molecule has 1 heterocycles. The number of carbonyl (C=O) groups excluding carboxylic acids is 1. The average Bonchev–Trinajstić information content (AvgIpc) is 3.00. The molecule has 2 rings (SSSR count). The summed E-state index contributed by atoms with van der Waals surface area (Å²) >= 11 is 0. The van der Waals surface area contributed by atoms with Crippen LogP contribution >= 0.6 is 0 Å². The Balaban J connectivity index is 1.73. The summed E-state index contributed by atoms with van der Waals surface area (Å²) in [6.45, 7) is 1.32. The van der Waals surface area contributed by atoms with Crippen molar-refractivity contribution in [1.82, 2.24) is 9.80 Å². The summed E-state index contributed by atoms with van der Waals surface area (Å²) in [7, 11) is 1.67. The van der Waals surface area contributed by atoms with Gasteiger partial charge in [-0.2, -0.15) is 0 Å². The molecule has 0 spiro atoms. The van der Waals surface area contributed by atoms with Crippen molar-refractivity contribution in [3.63, 3.8) is 0 Å². The van der Waals surface area contributed by atoms with E-state index in [1.54, 1.807) is 7.05 Å². The summed E-state index contributed by atoms with van der Waals surface area (Å²) in [4.78, 5) is 25.9. The molecule has 1 aromatic rings. The Labute approximate surface area is 130 Å². The second-order valence-corrected chi connectivity index (χ2v) is 5.52. The summed E-state index contributed by atoms with van der Waals surface area (Å²) in [6, 6.07) is 9.50. The molecule has 1 aromatic carbocycles. The molecule has 1 fully saturated rings. The lowest BCUT2D eigenvalue weighted by atomic mass is 10.1. The smallest absolute Gasteiger partial charge is 0.409 e. The summed E-state index contributed by atoms with van der Waals surface area (Å²) < 4.78 is 5.24. The minimum Gasteiger partial charge on any atom is -0.465 e. The molecule has 0 radical (unpaired) electrons. The lowest BCUT2D eigenvalue weighted by Crippen LogP contribution is -2.37. The Kier molecular flexibility index (Phi) is 5.63. The van der Waals surface area contributed by atoms with Crippen LogP contribution in [0, 0.1) is 0 Å². The molecule has 6 heteroatoms. The van der Waals surface area contributed by atoms with Crippen molar-refractivity contribution in [3.8, 4) is 0 Å². The number of benzene rings is 1. The predicted molar refractivity (Wildman–Crippen MR) is 81.6 cm³/mol. The van der Waals surface area contributed by atoms with Gasteiger partial charge in [0.1, 0.15) is 6.61 Å². The molecule has 1 aliphatic heterocycles. The van der Waals surface area contributed by atoms with E-state index in [4.69, 9.17) is 9.84 Å². The van der Waals surface area contributed by atoms with Gasteiger partial charge in [-0.05, 0) is 24.8 Å². The molecule has 1 N–H and O–H groups in total. The quantitative estimate of drug-likeness (QED) is 0.908. The summed E-state index contributed by atoms with van der Waals surface area (Å²) in [5, 5.41) is 9.09. The Morgan fingerprint density at radius 1 is 1.36 bits per heavy atom. The Morgan fingerprint density at radius 3 is 2.77 bits per heavy atom. The molecule has 120 valence electrons. The third kappa shape index (κ3) is 4.38. The molecule has 6 nitrogen and oxygen atoms in total. The highest BCUT2D eigenvalue weighted by Crippen LogP contribution is 2.20. The van der Waals surface area contributed by atoms with Gasteiger partial charge in [-0.3, -0.25) is 0 Å². The number of carbonyl (C=O) groups is 2. The Bertz CT molecular complexity index is 506. The average molecular weight is 306 g/mol. The normalized spacial score (nSPS) is 17.3. The summed E-state index contributed by atoms with van der Waals surface area (Å²) in [5.41, 5.74) is 0.942. The molecule has 2 amide bonds. The highest BCUT2D eigenvalue weighted by atomic mass is 16.6. The monoisotopic (exact) mass is 306 g/mol. The number of rotatable bonds is 5. The first-order valence-electron chi connectivity index (χ1n) is 7.49. The van der Waals surface area contributed by atoms with E-state index in [1.807, 2.05) is 30.3 Å². The van der Waals surface area contributed by atoms with E-state index in [-0.39, 0.29) is 18.7 Å². The lowest BCUT2D eigenvalue weighted by molar-refractivity contribution is 0.100. The van der Waals surface area contributed by atoms with Gasteiger partial charge in [-0.25, -0.2) is 9.59 Å². The first kappa shape index (κ1) is 16.1. The fourth-order valence-corrected chi connectivity index (χ4v) is 2.65. The third-order valence-corrected chi connectivity index (χ3v) is 3.94. The zero-order valence-corrected chi connectivity index (χ0v) is 12.8. The standard InChI is InChI=1S/C16H22N2O4/c1-17(11-9-14-8-5-10-18(14)15(19)20)16(21)22-12-13-6-3-2-4-7-13/h2-4,6-7,14H,5,8-12H2,1H3,(H,19,20)/t14-/m0/s1. The van der Waals surface area contributed by atoms with Crippen molar-refractivity contribution < 1.29 is 19.4 Å². The van der Waals surface area contributed by atoms with Gasteiger partial charge < -0.3 is 19.6 Å². The van der Waals surface area contributed by atoms with E-state index in [0.717, 1.165) is 18.4 Å². The van der Waals surface area contributed by atoms with Crippen LogP contribution in [-0.4, -0.2) is 53.3 Å². The first-order chi connectivity index (χ1) is 10.6. The zero-order chi connectivity index (χ0) is 15.9. The second-order valence-electron chi connectivity index (χ2n) is 5.52. The van der Waals surface area contributed by atoms with Crippen molar-refractivity contribution >= 4 is 12.2 Å². The number of amides is 2. The van der Waals surface area contributed by atoms with Crippen molar-refractivity contribution in [2.75, 3.05) is 20.1 Å². The number of nitrogens with zero attached hydrogens (tertiary/aromatic N) is 2. The highest BCUT2D eigenvalue weighted by molar-refractivity contribution is 5.67. The van der Waals surface area contributed by atoms with E-state index in [2.05, 4.69) is 0 Å². The number of ether oxygens (including phenoxy) is 1. The maximum atomic E-state index is 11.9.